The van der Waals surface area contributed by atoms with Crippen molar-refractivity contribution in [2.75, 3.05) is 26.2 Å². The lowest BCUT2D eigenvalue weighted by Crippen LogP contribution is -2.43. The van der Waals surface area contributed by atoms with Crippen molar-refractivity contribution in [2.45, 2.75) is 40.0 Å². The zero-order valence-corrected chi connectivity index (χ0v) is 18.1. The molecule has 2 fully saturated rings. The zero-order valence-electron chi connectivity index (χ0n) is 18.1. The number of likely N-dealkylation sites (tertiary alicyclic amines) is 1. The van der Waals surface area contributed by atoms with Gasteiger partial charge in [-0.05, 0) is 39.0 Å². The molecule has 8 heteroatoms. The van der Waals surface area contributed by atoms with Crippen molar-refractivity contribution in [3.63, 3.8) is 0 Å². The van der Waals surface area contributed by atoms with Gasteiger partial charge in [0.1, 0.15) is 5.76 Å². The second-order valence-corrected chi connectivity index (χ2v) is 8.61. The first-order valence-electron chi connectivity index (χ1n) is 10.9. The van der Waals surface area contributed by atoms with Gasteiger partial charge in [0, 0.05) is 37.7 Å². The predicted molar refractivity (Wildman–Crippen MR) is 113 cm³/mol. The van der Waals surface area contributed by atoms with Crippen molar-refractivity contribution in [1.29, 1.82) is 0 Å². The molecule has 1 aromatic rings. The van der Waals surface area contributed by atoms with Gasteiger partial charge < -0.3 is 15.2 Å². The molecule has 1 aromatic heterocycles. The van der Waals surface area contributed by atoms with Gasteiger partial charge in [-0.15, -0.1) is 0 Å². The Morgan fingerprint density at radius 2 is 1.90 bits per heavy atom. The Bertz CT molecular complexity index is 840. The third-order valence-corrected chi connectivity index (χ3v) is 6.64. The van der Waals surface area contributed by atoms with Crippen LogP contribution in [0, 0.1) is 37.5 Å². The first kappa shape index (κ1) is 20.6. The quantitative estimate of drug-likeness (QED) is 0.306. The summed E-state index contributed by atoms with van der Waals surface area (Å²) in [7, 11) is 0. The van der Waals surface area contributed by atoms with Gasteiger partial charge in [0.05, 0.1) is 17.5 Å². The number of amides is 2. The Kier molecular flexibility index (Phi) is 5.66. The summed E-state index contributed by atoms with van der Waals surface area (Å²) in [6.07, 6.45) is 5.20. The third kappa shape index (κ3) is 3.52. The number of hydrogen-bond acceptors (Lipinski definition) is 5. The van der Waals surface area contributed by atoms with Gasteiger partial charge in [-0.3, -0.25) is 19.5 Å². The lowest BCUT2D eigenvalue weighted by molar-refractivity contribution is -0.140. The normalized spacial score (nSPS) is 28.4. The molecule has 5 unspecified atom stereocenters. The molecule has 2 aliphatic carbocycles. The van der Waals surface area contributed by atoms with Crippen molar-refractivity contribution in [3.8, 4) is 0 Å². The number of fused-ring (bicyclic) bond motifs is 5. The molecule has 8 nitrogen and oxygen atoms in total. The van der Waals surface area contributed by atoms with Crippen LogP contribution in [0.4, 0.5) is 0 Å². The fraction of sp³-hybridized carbons (Fsp3) is 0.636. The Morgan fingerprint density at radius 1 is 1.23 bits per heavy atom. The van der Waals surface area contributed by atoms with Crippen molar-refractivity contribution in [1.82, 2.24) is 20.7 Å². The average Bonchev–Trinajstić information content (AvgIpc) is 3.46. The number of guanidine groups is 1. The number of aromatic nitrogens is 1. The van der Waals surface area contributed by atoms with Gasteiger partial charge >= 0.3 is 0 Å². The summed E-state index contributed by atoms with van der Waals surface area (Å²) in [6.45, 7) is 10.1. The SMILES string of the molecule is CCNC(=NCC(C)c1c(C)noc1C)NCCN1C(=O)C2C3C=CC(C3)C2C1=O. The second kappa shape index (κ2) is 8.24. The third-order valence-electron chi connectivity index (χ3n) is 6.64. The minimum atomic E-state index is -0.134. The van der Waals surface area contributed by atoms with Crippen LogP contribution in [-0.4, -0.2) is 54.0 Å². The van der Waals surface area contributed by atoms with E-state index in [0.717, 1.165) is 30.0 Å². The van der Waals surface area contributed by atoms with Gasteiger partial charge in [0.25, 0.3) is 0 Å². The Hall–Kier alpha value is -2.64. The molecule has 4 rings (SSSR count). The van der Waals surface area contributed by atoms with E-state index in [2.05, 4.69) is 39.9 Å². The molecule has 1 aliphatic heterocycles. The molecule has 2 bridgehead atoms. The Morgan fingerprint density at radius 3 is 2.47 bits per heavy atom. The van der Waals surface area contributed by atoms with E-state index >= 15 is 0 Å². The highest BCUT2D eigenvalue weighted by Crippen LogP contribution is 2.52. The largest absolute Gasteiger partial charge is 0.361 e. The van der Waals surface area contributed by atoms with Gasteiger partial charge in [0.15, 0.2) is 5.96 Å². The number of carbonyl (C=O) groups excluding carboxylic acids is 2. The number of hydrogen-bond donors (Lipinski definition) is 2. The zero-order chi connectivity index (χ0) is 21.4. The lowest BCUT2D eigenvalue weighted by atomic mass is 9.85. The summed E-state index contributed by atoms with van der Waals surface area (Å²) in [4.78, 5) is 31.7. The van der Waals surface area contributed by atoms with Crippen LogP contribution in [-0.2, 0) is 9.59 Å². The molecule has 0 spiro atoms. The smallest absolute Gasteiger partial charge is 0.233 e. The number of aliphatic imine (C=N–C) groups is 1. The molecule has 0 radical (unpaired) electrons. The number of allylic oxidation sites excluding steroid dienone is 2. The summed E-state index contributed by atoms with van der Waals surface area (Å²) in [5.41, 5.74) is 1.99. The van der Waals surface area contributed by atoms with Crippen molar-refractivity contribution >= 4 is 17.8 Å². The van der Waals surface area contributed by atoms with E-state index in [1.54, 1.807) is 0 Å². The highest BCUT2D eigenvalue weighted by atomic mass is 16.5. The van der Waals surface area contributed by atoms with Gasteiger partial charge in [-0.25, -0.2) is 0 Å². The van der Waals surface area contributed by atoms with E-state index < -0.39 is 0 Å². The monoisotopic (exact) mass is 413 g/mol. The highest BCUT2D eigenvalue weighted by molar-refractivity contribution is 6.06. The maximum absolute atomic E-state index is 12.8. The second-order valence-electron chi connectivity index (χ2n) is 8.61. The van der Waals surface area contributed by atoms with E-state index in [0.29, 0.717) is 25.6 Å². The molecule has 2 heterocycles. The van der Waals surface area contributed by atoms with Crippen LogP contribution in [0.25, 0.3) is 0 Å². The molecular weight excluding hydrogens is 382 g/mol. The van der Waals surface area contributed by atoms with Gasteiger partial charge in [0.2, 0.25) is 11.8 Å². The summed E-state index contributed by atoms with van der Waals surface area (Å²) in [6, 6.07) is 0. The molecule has 1 saturated carbocycles. The number of nitrogens with zero attached hydrogens (tertiary/aromatic N) is 3. The van der Waals surface area contributed by atoms with E-state index in [4.69, 9.17) is 4.52 Å². The van der Waals surface area contributed by atoms with Crippen LogP contribution < -0.4 is 10.6 Å². The summed E-state index contributed by atoms with van der Waals surface area (Å²) >= 11 is 0. The van der Waals surface area contributed by atoms with Crippen LogP contribution in [0.15, 0.2) is 21.7 Å². The molecule has 3 aliphatic rings. The van der Waals surface area contributed by atoms with Crippen molar-refractivity contribution in [3.05, 3.63) is 29.2 Å². The lowest BCUT2D eigenvalue weighted by Gasteiger charge is -2.19. The molecule has 0 aromatic carbocycles. The Balaban J connectivity index is 1.33. The first-order valence-corrected chi connectivity index (χ1v) is 10.9. The number of imide groups is 1. The van der Waals surface area contributed by atoms with Crippen LogP contribution in [0.5, 0.6) is 0 Å². The van der Waals surface area contributed by atoms with Gasteiger partial charge in [-0.2, -0.15) is 0 Å². The number of carbonyl (C=O) groups is 2. The van der Waals surface area contributed by atoms with Crippen molar-refractivity contribution < 1.29 is 14.1 Å². The van der Waals surface area contributed by atoms with Crippen LogP contribution >= 0.6 is 0 Å². The molecule has 30 heavy (non-hydrogen) atoms. The van der Waals surface area contributed by atoms with E-state index in [9.17, 15) is 9.59 Å². The topological polar surface area (TPSA) is 99.8 Å². The van der Waals surface area contributed by atoms with E-state index in [-0.39, 0.29) is 41.4 Å². The highest BCUT2D eigenvalue weighted by Gasteiger charge is 2.58. The standard InChI is InChI=1S/C22H31N5O3/c1-5-23-22(25-11-12(2)17-13(3)26-30-14(17)4)24-8-9-27-20(28)18-15-6-7-16(10-15)19(18)21(27)29/h6-7,12,15-16,18-19H,5,8-11H2,1-4H3,(H2,23,24,25). The molecule has 2 N–H and O–H groups in total. The maximum Gasteiger partial charge on any atom is 0.233 e. The van der Waals surface area contributed by atoms with E-state index in [1.165, 1.54) is 4.90 Å². The summed E-state index contributed by atoms with van der Waals surface area (Å²) < 4.78 is 5.26. The fourth-order valence-electron chi connectivity index (χ4n) is 5.33. The van der Waals surface area contributed by atoms with E-state index in [1.807, 2.05) is 20.8 Å². The molecular formula is C22H31N5O3. The molecule has 5 atom stereocenters. The minimum absolute atomic E-state index is 0.00220. The number of nitrogens with one attached hydrogen (secondary N) is 2. The number of aryl methyl sites for hydroxylation is 2. The molecule has 2 amide bonds. The first-order chi connectivity index (χ1) is 14.4. The predicted octanol–water partition coefficient (Wildman–Crippen LogP) is 1.76. The van der Waals surface area contributed by atoms with Crippen LogP contribution in [0.1, 0.15) is 43.2 Å². The van der Waals surface area contributed by atoms with Crippen LogP contribution in [0.3, 0.4) is 0 Å². The average molecular weight is 414 g/mol. The minimum Gasteiger partial charge on any atom is -0.361 e. The fourth-order valence-corrected chi connectivity index (χ4v) is 5.33. The number of rotatable bonds is 7. The Labute approximate surface area is 177 Å². The van der Waals surface area contributed by atoms with Gasteiger partial charge in [-0.1, -0.05) is 24.2 Å². The summed E-state index contributed by atoms with van der Waals surface area (Å²) in [5.74, 6) is 1.91. The summed E-state index contributed by atoms with van der Waals surface area (Å²) in [5, 5.41) is 10.5. The molecule has 1 saturated heterocycles. The maximum atomic E-state index is 12.8. The van der Waals surface area contributed by atoms with Crippen LogP contribution in [0.2, 0.25) is 0 Å². The van der Waals surface area contributed by atoms with Crippen molar-refractivity contribution in [2.24, 2.45) is 28.7 Å². The molecule has 162 valence electrons.